The first-order valence-electron chi connectivity index (χ1n) is 8.54. The second-order valence-electron chi connectivity index (χ2n) is 7.17. The number of carbonyl (C=O) groups excluding carboxylic acids is 1. The van der Waals surface area contributed by atoms with E-state index in [1.165, 1.54) is 10.6 Å². The quantitative estimate of drug-likeness (QED) is 0.828. The first-order valence-corrected chi connectivity index (χ1v) is 10.4. The van der Waals surface area contributed by atoms with Crippen LogP contribution < -0.4 is 9.62 Å². The van der Waals surface area contributed by atoms with Gasteiger partial charge in [-0.2, -0.15) is 0 Å². The number of anilines is 1. The van der Waals surface area contributed by atoms with Gasteiger partial charge in [0.05, 0.1) is 11.9 Å². The van der Waals surface area contributed by atoms with E-state index in [1.54, 1.807) is 12.1 Å². The molecule has 2 atom stereocenters. The summed E-state index contributed by atoms with van der Waals surface area (Å²) in [5, 5.41) is 3.38. The lowest BCUT2D eigenvalue weighted by molar-refractivity contribution is 0.0781. The Morgan fingerprint density at radius 1 is 1.20 bits per heavy atom. The van der Waals surface area contributed by atoms with Crippen molar-refractivity contribution >= 4 is 34.0 Å². The Balaban J connectivity index is 0.00000182. The van der Waals surface area contributed by atoms with Crippen LogP contribution >= 0.6 is 12.4 Å². The molecular formula is C17H24ClN3O3S. The molecule has 2 saturated heterocycles. The van der Waals surface area contributed by atoms with Gasteiger partial charge in [0, 0.05) is 38.3 Å². The van der Waals surface area contributed by atoms with E-state index in [9.17, 15) is 13.2 Å². The highest BCUT2D eigenvalue weighted by Gasteiger charge is 2.38. The van der Waals surface area contributed by atoms with Crippen LogP contribution in [0.2, 0.25) is 0 Å². The van der Waals surface area contributed by atoms with E-state index < -0.39 is 10.0 Å². The third kappa shape index (κ3) is 3.37. The van der Waals surface area contributed by atoms with Crippen molar-refractivity contribution in [2.45, 2.75) is 12.8 Å². The second-order valence-corrected chi connectivity index (χ2v) is 9.08. The maximum Gasteiger partial charge on any atom is 0.253 e. The van der Waals surface area contributed by atoms with Gasteiger partial charge in [-0.25, -0.2) is 8.42 Å². The minimum atomic E-state index is -3.27. The molecule has 1 aromatic rings. The van der Waals surface area contributed by atoms with Crippen LogP contribution in [0.25, 0.3) is 0 Å². The Hall–Kier alpha value is -1.31. The molecule has 0 saturated carbocycles. The molecule has 3 heterocycles. The lowest BCUT2D eigenvalue weighted by Gasteiger charge is -2.29. The van der Waals surface area contributed by atoms with Gasteiger partial charge in [0.2, 0.25) is 10.0 Å². The number of fused-ring (bicyclic) bond motifs is 2. The van der Waals surface area contributed by atoms with Crippen molar-refractivity contribution in [3.05, 3.63) is 29.3 Å². The summed E-state index contributed by atoms with van der Waals surface area (Å²) in [4.78, 5) is 14.8. The number of nitrogens with one attached hydrogen (secondary N) is 1. The van der Waals surface area contributed by atoms with Gasteiger partial charge in [-0.3, -0.25) is 9.10 Å². The monoisotopic (exact) mass is 385 g/mol. The average Bonchev–Trinajstić information content (AvgIpc) is 3.13. The zero-order chi connectivity index (χ0) is 16.9. The van der Waals surface area contributed by atoms with E-state index in [2.05, 4.69) is 5.32 Å². The van der Waals surface area contributed by atoms with Crippen LogP contribution in [0, 0.1) is 11.8 Å². The summed E-state index contributed by atoms with van der Waals surface area (Å²) in [7, 11) is -3.27. The van der Waals surface area contributed by atoms with Crippen molar-refractivity contribution in [1.29, 1.82) is 0 Å². The third-order valence-corrected chi connectivity index (χ3v) is 6.66. The lowest BCUT2D eigenvalue weighted by Crippen LogP contribution is -2.35. The van der Waals surface area contributed by atoms with Gasteiger partial charge in [-0.1, -0.05) is 0 Å². The molecule has 2 fully saturated rings. The molecule has 8 heteroatoms. The minimum absolute atomic E-state index is 0. The maximum absolute atomic E-state index is 12.8. The second kappa shape index (κ2) is 6.78. The van der Waals surface area contributed by atoms with Crippen LogP contribution in [-0.2, 0) is 16.4 Å². The maximum atomic E-state index is 12.8. The first-order chi connectivity index (χ1) is 11.4. The molecule has 1 N–H and O–H groups in total. The topological polar surface area (TPSA) is 69.7 Å². The van der Waals surface area contributed by atoms with Crippen molar-refractivity contribution in [2.75, 3.05) is 43.3 Å². The summed E-state index contributed by atoms with van der Waals surface area (Å²) >= 11 is 0. The number of benzene rings is 1. The molecule has 0 bridgehead atoms. The summed E-state index contributed by atoms with van der Waals surface area (Å²) in [5.41, 5.74) is 2.36. The lowest BCUT2D eigenvalue weighted by atomic mass is 10.0. The number of sulfonamides is 1. The Morgan fingerprint density at radius 3 is 2.52 bits per heavy atom. The Labute approximate surface area is 155 Å². The van der Waals surface area contributed by atoms with Crippen LogP contribution in [0.5, 0.6) is 0 Å². The highest BCUT2D eigenvalue weighted by Crippen LogP contribution is 2.32. The van der Waals surface area contributed by atoms with Gasteiger partial charge in [0.15, 0.2) is 0 Å². The summed E-state index contributed by atoms with van der Waals surface area (Å²) in [6, 6.07) is 5.46. The highest BCUT2D eigenvalue weighted by atomic mass is 35.5. The molecule has 3 aliphatic heterocycles. The van der Waals surface area contributed by atoms with Crippen molar-refractivity contribution in [1.82, 2.24) is 10.2 Å². The first kappa shape index (κ1) is 18.5. The predicted octanol–water partition coefficient (Wildman–Crippen LogP) is 1.11. The van der Waals surface area contributed by atoms with Gasteiger partial charge in [0.25, 0.3) is 5.91 Å². The smallest absolute Gasteiger partial charge is 0.253 e. The summed E-state index contributed by atoms with van der Waals surface area (Å²) in [6.07, 6.45) is 2.84. The molecule has 1 amide bonds. The number of carbonyl (C=O) groups is 1. The molecule has 138 valence electrons. The number of halogens is 1. The molecule has 3 aliphatic rings. The Kier molecular flexibility index (Phi) is 5.01. The van der Waals surface area contributed by atoms with Gasteiger partial charge in [0.1, 0.15) is 0 Å². The zero-order valence-electron chi connectivity index (χ0n) is 14.3. The highest BCUT2D eigenvalue weighted by molar-refractivity contribution is 7.92. The third-order valence-electron chi connectivity index (χ3n) is 5.48. The van der Waals surface area contributed by atoms with E-state index in [0.29, 0.717) is 23.9 Å². The summed E-state index contributed by atoms with van der Waals surface area (Å²) in [5.74, 6) is 1.23. The number of amides is 1. The van der Waals surface area contributed by atoms with Gasteiger partial charge in [-0.15, -0.1) is 12.4 Å². The van der Waals surface area contributed by atoms with Crippen molar-refractivity contribution in [3.63, 3.8) is 0 Å². The van der Waals surface area contributed by atoms with E-state index >= 15 is 0 Å². The van der Waals surface area contributed by atoms with Crippen molar-refractivity contribution < 1.29 is 13.2 Å². The molecular weight excluding hydrogens is 362 g/mol. The van der Waals surface area contributed by atoms with Gasteiger partial charge < -0.3 is 10.2 Å². The average molecular weight is 386 g/mol. The number of aryl methyl sites for hydroxylation is 1. The molecule has 0 aliphatic carbocycles. The normalized spacial score (nSPS) is 25.3. The van der Waals surface area contributed by atoms with E-state index in [1.807, 2.05) is 11.0 Å². The number of hydrogen-bond donors (Lipinski definition) is 1. The SMILES string of the molecule is CS(=O)(=O)N1CCCc2cc(C(=O)N3C[C@H]4CNC[C@H]4C3)ccc21.Cl. The Bertz CT molecular complexity index is 771. The van der Waals surface area contributed by atoms with Crippen LogP contribution in [0.3, 0.4) is 0 Å². The fourth-order valence-corrected chi connectivity index (χ4v) is 5.24. The number of hydrogen-bond acceptors (Lipinski definition) is 4. The van der Waals surface area contributed by atoms with E-state index in [-0.39, 0.29) is 18.3 Å². The molecule has 1 aromatic carbocycles. The molecule has 0 spiro atoms. The standard InChI is InChI=1S/C17H23N3O3S.ClH/c1-24(22,23)20-6-2-3-12-7-13(4-5-16(12)20)17(21)19-10-14-8-18-9-15(14)11-19;/h4-5,7,14-15,18H,2-3,6,8-11H2,1H3;1H/t14-,15+;. The predicted molar refractivity (Wildman–Crippen MR) is 100.0 cm³/mol. The zero-order valence-corrected chi connectivity index (χ0v) is 15.9. The van der Waals surface area contributed by atoms with E-state index in [0.717, 1.165) is 50.3 Å². The molecule has 4 rings (SSSR count). The van der Waals surface area contributed by atoms with E-state index in [4.69, 9.17) is 0 Å². The van der Waals surface area contributed by atoms with Crippen LogP contribution in [0.1, 0.15) is 22.3 Å². The number of likely N-dealkylation sites (tertiary alicyclic amines) is 1. The van der Waals surface area contributed by atoms with Crippen LogP contribution in [0.4, 0.5) is 5.69 Å². The van der Waals surface area contributed by atoms with Gasteiger partial charge in [-0.05, 0) is 48.4 Å². The van der Waals surface area contributed by atoms with Crippen LogP contribution in [-0.4, -0.2) is 58.2 Å². The van der Waals surface area contributed by atoms with Crippen molar-refractivity contribution in [3.8, 4) is 0 Å². The molecule has 6 nitrogen and oxygen atoms in total. The molecule has 0 aromatic heterocycles. The Morgan fingerprint density at radius 2 is 1.88 bits per heavy atom. The van der Waals surface area contributed by atoms with Gasteiger partial charge >= 0.3 is 0 Å². The van der Waals surface area contributed by atoms with Crippen molar-refractivity contribution in [2.24, 2.45) is 11.8 Å². The van der Waals surface area contributed by atoms with Crippen LogP contribution in [0.15, 0.2) is 18.2 Å². The fourth-order valence-electron chi connectivity index (χ4n) is 4.24. The fraction of sp³-hybridized carbons (Fsp3) is 0.588. The minimum Gasteiger partial charge on any atom is -0.338 e. The number of nitrogens with zero attached hydrogens (tertiary/aromatic N) is 2. The number of rotatable bonds is 2. The summed E-state index contributed by atoms with van der Waals surface area (Å²) < 4.78 is 25.3. The molecule has 25 heavy (non-hydrogen) atoms. The summed E-state index contributed by atoms with van der Waals surface area (Å²) in [6.45, 7) is 4.16. The molecule has 0 unspecified atom stereocenters. The largest absolute Gasteiger partial charge is 0.338 e. The molecule has 0 radical (unpaired) electrons.